The van der Waals surface area contributed by atoms with Crippen LogP contribution in [-0.4, -0.2) is 7.11 Å². The Kier molecular flexibility index (Phi) is 7.42. The minimum absolute atomic E-state index is 0.0944. The minimum Gasteiger partial charge on any atom is -0.497 e. The molecule has 0 fully saturated rings. The van der Waals surface area contributed by atoms with Gasteiger partial charge in [0.15, 0.2) is 0 Å². The monoisotopic (exact) mass is 568 g/mol. The van der Waals surface area contributed by atoms with Gasteiger partial charge in [-0.1, -0.05) is 71.8 Å². The molecule has 0 bridgehead atoms. The third kappa shape index (κ3) is 5.52. The highest BCUT2D eigenvalue weighted by molar-refractivity contribution is 5.96. The molecule has 40 heavy (non-hydrogen) atoms. The summed E-state index contributed by atoms with van der Waals surface area (Å²) in [6.07, 6.45) is -17.0. The third-order valence-corrected chi connectivity index (χ3v) is 6.41. The Hall–Kier alpha value is -3.95. The first-order chi connectivity index (χ1) is 18.5. The van der Waals surface area contributed by atoms with Gasteiger partial charge in [0, 0.05) is 16.7 Å². The Morgan fingerprint density at radius 1 is 0.425 bits per heavy atom. The van der Waals surface area contributed by atoms with Crippen LogP contribution < -0.4 is 4.74 Å². The first-order valence-corrected chi connectivity index (χ1v) is 11.8. The van der Waals surface area contributed by atoms with Gasteiger partial charge in [0.05, 0.1) is 23.8 Å². The lowest BCUT2D eigenvalue weighted by molar-refractivity contribution is -0.162. The molecule has 0 aliphatic rings. The number of hydrogen-bond acceptors (Lipinski definition) is 1. The lowest BCUT2D eigenvalue weighted by Crippen LogP contribution is -2.24. The summed E-state index contributed by atoms with van der Waals surface area (Å²) in [6.45, 7) is 3.20. The maximum Gasteiger partial charge on any atom is 0.417 e. The molecule has 0 heterocycles. The highest BCUT2D eigenvalue weighted by Crippen LogP contribution is 2.57. The average molecular weight is 568 g/mol. The van der Waals surface area contributed by atoms with Crippen molar-refractivity contribution in [1.82, 2.24) is 0 Å². The number of aryl methyl sites for hydroxylation is 2. The van der Waals surface area contributed by atoms with Gasteiger partial charge in [-0.25, -0.2) is 0 Å². The Bertz CT molecular complexity index is 1510. The molecule has 0 aliphatic carbocycles. The molecule has 0 amide bonds. The second-order valence-electron chi connectivity index (χ2n) is 9.20. The minimum atomic E-state index is -5.81. The Morgan fingerprint density at radius 3 is 1.07 bits per heavy atom. The predicted molar refractivity (Wildman–Crippen MR) is 134 cm³/mol. The van der Waals surface area contributed by atoms with Gasteiger partial charge in [-0.2, -0.15) is 39.5 Å². The summed E-state index contributed by atoms with van der Waals surface area (Å²) in [7, 11) is 1.23. The molecule has 0 radical (unpaired) electrons. The van der Waals surface area contributed by atoms with Crippen molar-refractivity contribution >= 4 is 0 Å². The first-order valence-electron chi connectivity index (χ1n) is 11.8. The number of ether oxygens (including phenoxy) is 1. The molecule has 210 valence electrons. The zero-order valence-corrected chi connectivity index (χ0v) is 21.2. The number of hydrogen-bond donors (Lipinski definition) is 0. The molecular weight excluding hydrogens is 547 g/mol. The summed E-state index contributed by atoms with van der Waals surface area (Å²) >= 11 is 0. The Balaban J connectivity index is 2.40. The van der Waals surface area contributed by atoms with Crippen LogP contribution in [0.2, 0.25) is 0 Å². The molecule has 0 atom stereocenters. The van der Waals surface area contributed by atoms with E-state index in [1.807, 2.05) is 0 Å². The maximum atomic E-state index is 15.0. The van der Waals surface area contributed by atoms with Crippen LogP contribution in [-0.2, 0) is 18.5 Å². The van der Waals surface area contributed by atoms with Gasteiger partial charge in [-0.15, -0.1) is 0 Å². The summed E-state index contributed by atoms with van der Waals surface area (Å²) in [5.41, 5.74) is -10.6. The largest absolute Gasteiger partial charge is 0.497 e. The highest BCUT2D eigenvalue weighted by Gasteiger charge is 2.52. The summed E-state index contributed by atoms with van der Waals surface area (Å²) in [5.74, 6) is 0.0944. The van der Waals surface area contributed by atoms with Crippen LogP contribution in [0.4, 0.5) is 39.5 Å². The van der Waals surface area contributed by atoms with Crippen LogP contribution in [0.25, 0.3) is 33.4 Å². The van der Waals surface area contributed by atoms with E-state index in [2.05, 4.69) is 0 Å². The standard InChI is InChI=1S/C30H21F9O/c1-16-4-8-18(9-5-16)22-23(19-10-6-17(2)7-11-19)26(29(34,35)36)27(30(37,38)39)24(25(22)28(31,32)33)20-12-14-21(40-3)15-13-20/h4-15H,1-3H3. The van der Waals surface area contributed by atoms with E-state index in [0.29, 0.717) is 11.1 Å². The fourth-order valence-electron chi connectivity index (χ4n) is 4.66. The molecule has 0 saturated carbocycles. The maximum absolute atomic E-state index is 15.0. The van der Waals surface area contributed by atoms with Gasteiger partial charge >= 0.3 is 18.5 Å². The number of halogens is 9. The zero-order chi connectivity index (χ0) is 29.6. The third-order valence-electron chi connectivity index (χ3n) is 6.41. The van der Waals surface area contributed by atoms with Crippen LogP contribution in [0.5, 0.6) is 5.75 Å². The first kappa shape index (κ1) is 29.0. The van der Waals surface area contributed by atoms with Crippen molar-refractivity contribution in [2.24, 2.45) is 0 Å². The molecule has 0 saturated heterocycles. The number of rotatable bonds is 4. The van der Waals surface area contributed by atoms with Crippen molar-refractivity contribution in [3.63, 3.8) is 0 Å². The predicted octanol–water partition coefficient (Wildman–Crippen LogP) is 10.4. The second-order valence-corrected chi connectivity index (χ2v) is 9.20. The van der Waals surface area contributed by atoms with Crippen LogP contribution in [0.3, 0.4) is 0 Å². The van der Waals surface area contributed by atoms with E-state index in [4.69, 9.17) is 4.74 Å². The lowest BCUT2D eigenvalue weighted by atomic mass is 9.78. The topological polar surface area (TPSA) is 9.23 Å². The van der Waals surface area contributed by atoms with Crippen LogP contribution >= 0.6 is 0 Å². The number of alkyl halides is 9. The molecule has 0 aliphatic heterocycles. The molecule has 0 aromatic heterocycles. The van der Waals surface area contributed by atoms with Crippen molar-refractivity contribution in [2.75, 3.05) is 7.11 Å². The Morgan fingerprint density at radius 2 is 0.725 bits per heavy atom. The van der Waals surface area contributed by atoms with E-state index >= 15 is 0 Å². The van der Waals surface area contributed by atoms with Crippen molar-refractivity contribution in [3.05, 3.63) is 101 Å². The van der Waals surface area contributed by atoms with E-state index in [-0.39, 0.29) is 11.3 Å². The van der Waals surface area contributed by atoms with Gasteiger partial charge in [0.25, 0.3) is 0 Å². The van der Waals surface area contributed by atoms with Crippen molar-refractivity contribution < 1.29 is 44.3 Å². The molecule has 10 heteroatoms. The molecule has 0 spiro atoms. The van der Waals surface area contributed by atoms with Gasteiger partial charge in [-0.05, 0) is 42.7 Å². The molecule has 0 unspecified atom stereocenters. The van der Waals surface area contributed by atoms with Gasteiger partial charge in [-0.3, -0.25) is 0 Å². The normalized spacial score (nSPS) is 12.5. The molecular formula is C30H21F9O. The fraction of sp³-hybridized carbons (Fsp3) is 0.200. The van der Waals surface area contributed by atoms with Crippen LogP contribution in [0.1, 0.15) is 27.8 Å². The van der Waals surface area contributed by atoms with Crippen molar-refractivity contribution in [1.29, 1.82) is 0 Å². The van der Waals surface area contributed by atoms with Crippen molar-refractivity contribution in [2.45, 2.75) is 32.4 Å². The number of benzene rings is 4. The SMILES string of the molecule is COc1ccc(-c2c(C(F)(F)F)c(-c3ccc(C)cc3)c(-c3ccc(C)cc3)c(C(F)(F)F)c2C(F)(F)F)cc1. The highest BCUT2D eigenvalue weighted by atomic mass is 19.4. The van der Waals surface area contributed by atoms with Crippen LogP contribution in [0.15, 0.2) is 72.8 Å². The molecule has 0 N–H and O–H groups in total. The van der Waals surface area contributed by atoms with E-state index in [9.17, 15) is 39.5 Å². The van der Waals surface area contributed by atoms with Gasteiger partial charge in [0.2, 0.25) is 0 Å². The fourth-order valence-corrected chi connectivity index (χ4v) is 4.66. The smallest absolute Gasteiger partial charge is 0.417 e. The summed E-state index contributed by atoms with van der Waals surface area (Å²) in [6, 6.07) is 13.9. The quantitative estimate of drug-likeness (QED) is 0.223. The summed E-state index contributed by atoms with van der Waals surface area (Å²) in [4.78, 5) is 0. The molecule has 4 aromatic carbocycles. The van der Waals surface area contributed by atoms with E-state index in [0.717, 1.165) is 36.4 Å². The summed E-state index contributed by atoms with van der Waals surface area (Å²) in [5, 5.41) is 0. The van der Waals surface area contributed by atoms with Crippen molar-refractivity contribution in [3.8, 4) is 39.1 Å². The van der Waals surface area contributed by atoms with E-state index < -0.39 is 63.0 Å². The second kappa shape index (κ2) is 10.2. The zero-order valence-electron chi connectivity index (χ0n) is 21.2. The Labute approximate surface area is 223 Å². The molecule has 4 aromatic rings. The van der Waals surface area contributed by atoms with E-state index in [1.54, 1.807) is 13.8 Å². The van der Waals surface area contributed by atoms with E-state index in [1.165, 1.54) is 43.5 Å². The summed E-state index contributed by atoms with van der Waals surface area (Å²) < 4.78 is 138. The van der Waals surface area contributed by atoms with Gasteiger partial charge in [0.1, 0.15) is 5.75 Å². The lowest BCUT2D eigenvalue weighted by Gasteiger charge is -2.30. The van der Waals surface area contributed by atoms with Gasteiger partial charge < -0.3 is 4.74 Å². The van der Waals surface area contributed by atoms with Crippen LogP contribution in [0, 0.1) is 13.8 Å². The average Bonchev–Trinajstić information content (AvgIpc) is 2.86. The molecule has 4 rings (SSSR count). The number of methoxy groups -OCH3 is 1. The molecule has 1 nitrogen and oxygen atoms in total.